The summed E-state index contributed by atoms with van der Waals surface area (Å²) in [5.41, 5.74) is 1.05. The van der Waals surface area contributed by atoms with E-state index in [2.05, 4.69) is 0 Å². The van der Waals surface area contributed by atoms with E-state index in [0.717, 1.165) is 0 Å². The van der Waals surface area contributed by atoms with Crippen molar-refractivity contribution in [1.29, 1.82) is 0 Å². The third kappa shape index (κ3) is 2.69. The van der Waals surface area contributed by atoms with Gasteiger partial charge in [-0.15, -0.1) is 0 Å². The van der Waals surface area contributed by atoms with Gasteiger partial charge in [0, 0.05) is 25.4 Å². The van der Waals surface area contributed by atoms with Crippen LogP contribution in [0.25, 0.3) is 0 Å². The lowest BCUT2D eigenvalue weighted by Gasteiger charge is -2.32. The van der Waals surface area contributed by atoms with Crippen LogP contribution in [0, 0.1) is 0 Å². The fourth-order valence-electron chi connectivity index (χ4n) is 2.61. The standard InChI is InChI=1S/C16H18N2O4/c1-11(19)12-8-13(17(2)9-12)16(20)18-5-7-22-15(10-18)14-4-3-6-21-14/h3-4,6,8-9,15H,5,7,10H2,1-2H3/t15-/m0/s1. The summed E-state index contributed by atoms with van der Waals surface area (Å²) in [5, 5.41) is 0. The average molecular weight is 302 g/mol. The van der Waals surface area contributed by atoms with Gasteiger partial charge in [-0.25, -0.2) is 0 Å². The number of hydrogen-bond donors (Lipinski definition) is 0. The van der Waals surface area contributed by atoms with Crippen LogP contribution in [0.3, 0.4) is 0 Å². The Bertz CT molecular complexity index is 687. The molecule has 3 heterocycles. The van der Waals surface area contributed by atoms with Gasteiger partial charge in [0.15, 0.2) is 5.78 Å². The molecule has 1 aliphatic rings. The number of furan rings is 1. The molecule has 1 saturated heterocycles. The first-order valence-corrected chi connectivity index (χ1v) is 7.18. The molecule has 0 radical (unpaired) electrons. The lowest BCUT2D eigenvalue weighted by Crippen LogP contribution is -2.42. The van der Waals surface area contributed by atoms with Crippen molar-refractivity contribution in [2.24, 2.45) is 7.05 Å². The predicted octanol–water partition coefficient (Wildman–Crippen LogP) is 2.03. The Labute approximate surface area is 128 Å². The van der Waals surface area contributed by atoms with E-state index >= 15 is 0 Å². The van der Waals surface area contributed by atoms with Gasteiger partial charge in [-0.1, -0.05) is 0 Å². The van der Waals surface area contributed by atoms with Crippen molar-refractivity contribution in [3.63, 3.8) is 0 Å². The third-order valence-electron chi connectivity index (χ3n) is 3.84. The van der Waals surface area contributed by atoms with E-state index in [1.807, 2.05) is 6.07 Å². The van der Waals surface area contributed by atoms with Crippen LogP contribution in [-0.2, 0) is 11.8 Å². The summed E-state index contributed by atoms with van der Waals surface area (Å²) in [6.45, 7) is 2.91. The molecule has 6 heteroatoms. The molecule has 2 aromatic rings. The van der Waals surface area contributed by atoms with Crippen LogP contribution in [0.1, 0.15) is 39.6 Å². The molecule has 0 bridgehead atoms. The van der Waals surface area contributed by atoms with Gasteiger partial charge in [0.1, 0.15) is 17.6 Å². The molecule has 0 aliphatic carbocycles. The zero-order valence-corrected chi connectivity index (χ0v) is 12.6. The number of amides is 1. The molecule has 22 heavy (non-hydrogen) atoms. The summed E-state index contributed by atoms with van der Waals surface area (Å²) in [5.74, 6) is 0.564. The molecular formula is C16H18N2O4. The maximum atomic E-state index is 12.7. The van der Waals surface area contributed by atoms with Gasteiger partial charge in [-0.05, 0) is 25.1 Å². The summed E-state index contributed by atoms with van der Waals surface area (Å²) in [6, 6.07) is 5.28. The molecule has 3 rings (SSSR count). The summed E-state index contributed by atoms with van der Waals surface area (Å²) < 4.78 is 12.7. The minimum Gasteiger partial charge on any atom is -0.467 e. The Kier molecular flexibility index (Phi) is 3.85. The quantitative estimate of drug-likeness (QED) is 0.814. The molecule has 0 aromatic carbocycles. The van der Waals surface area contributed by atoms with Crippen molar-refractivity contribution >= 4 is 11.7 Å². The highest BCUT2D eigenvalue weighted by molar-refractivity contribution is 5.99. The maximum Gasteiger partial charge on any atom is 0.270 e. The van der Waals surface area contributed by atoms with Gasteiger partial charge in [0.2, 0.25) is 0 Å². The molecule has 0 N–H and O–H groups in total. The van der Waals surface area contributed by atoms with E-state index in [9.17, 15) is 9.59 Å². The van der Waals surface area contributed by atoms with Crippen molar-refractivity contribution in [3.8, 4) is 0 Å². The lowest BCUT2D eigenvalue weighted by atomic mass is 10.2. The number of rotatable bonds is 3. The summed E-state index contributed by atoms with van der Waals surface area (Å²) in [6.07, 6.45) is 3.02. The van der Waals surface area contributed by atoms with E-state index in [4.69, 9.17) is 9.15 Å². The van der Waals surface area contributed by atoms with Crippen LogP contribution in [0.5, 0.6) is 0 Å². The molecule has 6 nitrogen and oxygen atoms in total. The molecule has 0 spiro atoms. The number of nitrogens with zero attached hydrogens (tertiary/aromatic N) is 2. The van der Waals surface area contributed by atoms with Crippen molar-refractivity contribution in [2.45, 2.75) is 13.0 Å². The number of Topliss-reactive ketones (excluding diaryl/α,β-unsaturated/α-hetero) is 1. The van der Waals surface area contributed by atoms with Gasteiger partial charge in [-0.2, -0.15) is 0 Å². The third-order valence-corrected chi connectivity index (χ3v) is 3.84. The van der Waals surface area contributed by atoms with E-state index in [1.54, 1.807) is 41.1 Å². The molecule has 1 amide bonds. The maximum absolute atomic E-state index is 12.7. The molecule has 1 fully saturated rings. The normalized spacial score (nSPS) is 18.5. The number of aromatic nitrogens is 1. The molecule has 0 saturated carbocycles. The van der Waals surface area contributed by atoms with E-state index in [-0.39, 0.29) is 17.8 Å². The van der Waals surface area contributed by atoms with Crippen LogP contribution in [0.2, 0.25) is 0 Å². The van der Waals surface area contributed by atoms with Crippen molar-refractivity contribution in [3.05, 3.63) is 47.7 Å². The van der Waals surface area contributed by atoms with Gasteiger partial charge < -0.3 is 18.6 Å². The summed E-state index contributed by atoms with van der Waals surface area (Å²) >= 11 is 0. The highest BCUT2D eigenvalue weighted by Crippen LogP contribution is 2.24. The smallest absolute Gasteiger partial charge is 0.270 e. The topological polar surface area (TPSA) is 64.7 Å². The molecule has 0 unspecified atom stereocenters. The first-order chi connectivity index (χ1) is 10.6. The SMILES string of the molecule is CC(=O)c1cc(C(=O)N2CCO[C@H](c3ccco3)C2)n(C)c1. The van der Waals surface area contributed by atoms with Crippen LogP contribution in [0.4, 0.5) is 0 Å². The zero-order chi connectivity index (χ0) is 15.7. The number of aryl methyl sites for hydroxylation is 1. The van der Waals surface area contributed by atoms with Gasteiger partial charge in [-0.3, -0.25) is 9.59 Å². The Hall–Kier alpha value is -2.34. The first kappa shape index (κ1) is 14.6. The van der Waals surface area contributed by atoms with Crippen molar-refractivity contribution in [2.75, 3.05) is 19.7 Å². The first-order valence-electron chi connectivity index (χ1n) is 7.18. The largest absolute Gasteiger partial charge is 0.467 e. The molecular weight excluding hydrogens is 284 g/mol. The van der Waals surface area contributed by atoms with E-state index < -0.39 is 0 Å². The van der Waals surface area contributed by atoms with Crippen molar-refractivity contribution < 1.29 is 18.7 Å². The fraction of sp³-hybridized carbons (Fsp3) is 0.375. The number of carbonyl (C=O) groups is 2. The monoisotopic (exact) mass is 302 g/mol. The van der Waals surface area contributed by atoms with Crippen LogP contribution < -0.4 is 0 Å². The minimum atomic E-state index is -0.250. The summed E-state index contributed by atoms with van der Waals surface area (Å²) in [7, 11) is 1.77. The predicted molar refractivity (Wildman–Crippen MR) is 78.7 cm³/mol. The highest BCUT2D eigenvalue weighted by Gasteiger charge is 2.29. The van der Waals surface area contributed by atoms with Crippen molar-refractivity contribution in [1.82, 2.24) is 9.47 Å². The van der Waals surface area contributed by atoms with E-state index in [1.165, 1.54) is 6.92 Å². The van der Waals surface area contributed by atoms with Gasteiger partial charge in [0.25, 0.3) is 5.91 Å². The zero-order valence-electron chi connectivity index (χ0n) is 12.6. The number of carbonyl (C=O) groups excluding carboxylic acids is 2. The molecule has 116 valence electrons. The number of ketones is 1. The van der Waals surface area contributed by atoms with Gasteiger partial charge >= 0.3 is 0 Å². The number of ether oxygens (including phenoxy) is 1. The summed E-state index contributed by atoms with van der Waals surface area (Å²) in [4.78, 5) is 25.9. The van der Waals surface area contributed by atoms with E-state index in [0.29, 0.717) is 36.7 Å². The second-order valence-electron chi connectivity index (χ2n) is 5.41. The second kappa shape index (κ2) is 5.81. The molecule has 2 aromatic heterocycles. The minimum absolute atomic E-state index is 0.0508. The Morgan fingerprint density at radius 1 is 1.36 bits per heavy atom. The Morgan fingerprint density at radius 2 is 2.18 bits per heavy atom. The van der Waals surface area contributed by atoms with Crippen LogP contribution >= 0.6 is 0 Å². The number of morpholine rings is 1. The highest BCUT2D eigenvalue weighted by atomic mass is 16.5. The Morgan fingerprint density at radius 3 is 2.82 bits per heavy atom. The fourth-order valence-corrected chi connectivity index (χ4v) is 2.61. The lowest BCUT2D eigenvalue weighted by molar-refractivity contribution is -0.0324. The molecule has 1 aliphatic heterocycles. The molecule has 1 atom stereocenters. The van der Waals surface area contributed by atoms with Crippen LogP contribution in [0.15, 0.2) is 35.1 Å². The van der Waals surface area contributed by atoms with Crippen LogP contribution in [-0.4, -0.2) is 40.9 Å². The number of hydrogen-bond acceptors (Lipinski definition) is 4. The Balaban J connectivity index is 1.78. The van der Waals surface area contributed by atoms with Gasteiger partial charge in [0.05, 0.1) is 19.4 Å². The average Bonchev–Trinajstić information content (AvgIpc) is 3.16. The second-order valence-corrected chi connectivity index (χ2v) is 5.41.